The fraction of sp³-hybridized carbons (Fsp3) is 0.320. The molecule has 2 amide bonds. The van der Waals surface area contributed by atoms with Crippen molar-refractivity contribution in [2.45, 2.75) is 26.3 Å². The van der Waals surface area contributed by atoms with Crippen molar-refractivity contribution in [3.8, 4) is 16.2 Å². The smallest absolute Gasteiger partial charge is 0.274 e. The Hall–Kier alpha value is -3.19. The van der Waals surface area contributed by atoms with Crippen LogP contribution in [0.3, 0.4) is 0 Å². The number of fused-ring (bicyclic) bond motifs is 1. The largest absolute Gasteiger partial charge is 0.508 e. The molecule has 1 saturated heterocycles. The molecule has 32 heavy (non-hydrogen) atoms. The van der Waals surface area contributed by atoms with Crippen LogP contribution < -0.4 is 5.32 Å². The van der Waals surface area contributed by atoms with Gasteiger partial charge in [0.05, 0.1) is 15.9 Å². The molecule has 1 aliphatic carbocycles. The summed E-state index contributed by atoms with van der Waals surface area (Å²) in [5, 5.41) is 13.5. The molecule has 2 fully saturated rings. The second-order valence-electron chi connectivity index (χ2n) is 8.72. The van der Waals surface area contributed by atoms with E-state index in [9.17, 15) is 14.7 Å². The molecule has 164 valence electrons. The zero-order valence-corrected chi connectivity index (χ0v) is 18.9. The summed E-state index contributed by atoms with van der Waals surface area (Å²) in [5.74, 6) is 0.673. The third kappa shape index (κ3) is 3.88. The highest BCUT2D eigenvalue weighted by Crippen LogP contribution is 2.50. The van der Waals surface area contributed by atoms with Crippen molar-refractivity contribution >= 4 is 23.2 Å². The summed E-state index contributed by atoms with van der Waals surface area (Å²) in [6, 6.07) is 14.4. The van der Waals surface area contributed by atoms with E-state index < -0.39 is 0 Å². The minimum Gasteiger partial charge on any atom is -0.508 e. The monoisotopic (exact) mass is 447 g/mol. The number of aromatic hydroxyl groups is 1. The summed E-state index contributed by atoms with van der Waals surface area (Å²) in [5.41, 5.74) is 3.06. The number of thiazole rings is 1. The topological polar surface area (TPSA) is 82.5 Å². The van der Waals surface area contributed by atoms with Crippen LogP contribution in [0.15, 0.2) is 48.5 Å². The standard InChI is InChI=1S/C25H25N3O3S/c1-14-5-3-6-16(9-14)23-22(27-15(2)32-23)25(31)28-13-18-11-20(18)21(28)12-26-24(30)17-7-4-8-19(29)10-17/h3-10,18,20-21,29H,11-13H2,1-2H3,(H,26,30)/t18-,20?,21-/m1/s1. The van der Waals surface area contributed by atoms with Crippen LogP contribution in [0, 0.1) is 25.7 Å². The fourth-order valence-corrected chi connectivity index (χ4v) is 5.61. The van der Waals surface area contributed by atoms with Gasteiger partial charge in [-0.05, 0) is 55.9 Å². The number of nitrogens with one attached hydrogen (secondary N) is 1. The Morgan fingerprint density at radius 1 is 1.19 bits per heavy atom. The highest BCUT2D eigenvalue weighted by Gasteiger charge is 2.54. The van der Waals surface area contributed by atoms with E-state index in [1.54, 1.807) is 23.5 Å². The van der Waals surface area contributed by atoms with Gasteiger partial charge in [-0.1, -0.05) is 35.9 Å². The highest BCUT2D eigenvalue weighted by molar-refractivity contribution is 7.15. The van der Waals surface area contributed by atoms with Crippen LogP contribution in [0.2, 0.25) is 0 Å². The maximum atomic E-state index is 13.6. The van der Waals surface area contributed by atoms with E-state index in [1.807, 2.05) is 36.9 Å². The van der Waals surface area contributed by atoms with Crippen molar-refractivity contribution < 1.29 is 14.7 Å². The maximum Gasteiger partial charge on any atom is 0.274 e. The summed E-state index contributed by atoms with van der Waals surface area (Å²) in [6.45, 7) is 5.07. The van der Waals surface area contributed by atoms with Crippen LogP contribution in [-0.4, -0.2) is 45.9 Å². The van der Waals surface area contributed by atoms with Crippen molar-refractivity contribution in [2.75, 3.05) is 13.1 Å². The van der Waals surface area contributed by atoms with E-state index in [0.717, 1.165) is 27.4 Å². The second-order valence-corrected chi connectivity index (χ2v) is 9.93. The first-order valence-corrected chi connectivity index (χ1v) is 11.6. The molecule has 0 radical (unpaired) electrons. The van der Waals surface area contributed by atoms with E-state index in [2.05, 4.69) is 16.4 Å². The molecule has 3 atom stereocenters. The molecule has 1 aromatic heterocycles. The molecule has 3 aromatic rings. The molecule has 2 aromatic carbocycles. The Morgan fingerprint density at radius 2 is 2.00 bits per heavy atom. The fourth-order valence-electron chi connectivity index (χ4n) is 4.70. The van der Waals surface area contributed by atoms with Crippen LogP contribution in [0.1, 0.15) is 37.8 Å². The van der Waals surface area contributed by atoms with Gasteiger partial charge in [0.25, 0.3) is 11.8 Å². The molecule has 5 rings (SSSR count). The van der Waals surface area contributed by atoms with Gasteiger partial charge in [0.15, 0.2) is 0 Å². The number of likely N-dealkylation sites (tertiary alicyclic amines) is 1. The summed E-state index contributed by atoms with van der Waals surface area (Å²) in [4.78, 5) is 33.6. The SMILES string of the molecule is Cc1cccc(-c2sc(C)nc2C(=O)N2C[C@H]3CC3[C@H]2CNC(=O)c2cccc(O)c2)c1. The lowest BCUT2D eigenvalue weighted by Gasteiger charge is -2.27. The van der Waals surface area contributed by atoms with Crippen molar-refractivity contribution in [3.63, 3.8) is 0 Å². The van der Waals surface area contributed by atoms with Gasteiger partial charge in [-0.15, -0.1) is 11.3 Å². The van der Waals surface area contributed by atoms with Gasteiger partial charge in [0.2, 0.25) is 0 Å². The number of phenols is 1. The first kappa shape index (κ1) is 20.7. The van der Waals surface area contributed by atoms with E-state index >= 15 is 0 Å². The predicted molar refractivity (Wildman–Crippen MR) is 124 cm³/mol. The number of carbonyl (C=O) groups is 2. The lowest BCUT2D eigenvalue weighted by molar-refractivity contribution is 0.0690. The average molecular weight is 448 g/mol. The zero-order chi connectivity index (χ0) is 22.4. The number of phenolic OH excluding ortho intramolecular Hbond substituents is 1. The minimum atomic E-state index is -0.248. The van der Waals surface area contributed by atoms with Crippen molar-refractivity contribution in [1.29, 1.82) is 0 Å². The number of aryl methyl sites for hydroxylation is 2. The number of hydrogen-bond acceptors (Lipinski definition) is 5. The molecular weight excluding hydrogens is 422 g/mol. The zero-order valence-electron chi connectivity index (χ0n) is 18.0. The summed E-state index contributed by atoms with van der Waals surface area (Å²) < 4.78 is 0. The number of piperidine rings is 1. The predicted octanol–water partition coefficient (Wildman–Crippen LogP) is 4.02. The molecule has 0 spiro atoms. The van der Waals surface area contributed by atoms with Gasteiger partial charge in [-0.3, -0.25) is 9.59 Å². The van der Waals surface area contributed by atoms with Crippen LogP contribution in [0.4, 0.5) is 0 Å². The Balaban J connectivity index is 1.36. The lowest BCUT2D eigenvalue weighted by atomic mass is 10.1. The number of hydrogen-bond donors (Lipinski definition) is 2. The van der Waals surface area contributed by atoms with Crippen molar-refractivity contribution in [3.05, 3.63) is 70.4 Å². The van der Waals surface area contributed by atoms with E-state index in [4.69, 9.17) is 0 Å². The Morgan fingerprint density at radius 3 is 2.78 bits per heavy atom. The van der Waals surface area contributed by atoms with Crippen LogP contribution in [0.25, 0.3) is 10.4 Å². The molecule has 2 N–H and O–H groups in total. The Kier molecular flexibility index (Phi) is 5.21. The number of rotatable bonds is 5. The van der Waals surface area contributed by atoms with Crippen molar-refractivity contribution in [2.24, 2.45) is 11.8 Å². The lowest BCUT2D eigenvalue weighted by Crippen LogP contribution is -2.45. The quantitative estimate of drug-likeness (QED) is 0.619. The second kappa shape index (κ2) is 8.06. The summed E-state index contributed by atoms with van der Waals surface area (Å²) in [7, 11) is 0. The first-order chi connectivity index (χ1) is 15.4. The summed E-state index contributed by atoms with van der Waals surface area (Å²) >= 11 is 1.54. The highest BCUT2D eigenvalue weighted by atomic mass is 32.1. The van der Waals surface area contributed by atoms with Gasteiger partial charge in [-0.25, -0.2) is 4.98 Å². The maximum absolute atomic E-state index is 13.6. The molecule has 2 heterocycles. The normalized spacial score (nSPS) is 21.3. The molecule has 1 unspecified atom stereocenters. The Bertz CT molecular complexity index is 1200. The molecule has 6 nitrogen and oxygen atoms in total. The molecule has 0 bridgehead atoms. The van der Waals surface area contributed by atoms with E-state index in [-0.39, 0.29) is 23.6 Å². The first-order valence-electron chi connectivity index (χ1n) is 10.8. The van der Waals surface area contributed by atoms with Crippen molar-refractivity contribution in [1.82, 2.24) is 15.2 Å². The number of amides is 2. The third-order valence-electron chi connectivity index (χ3n) is 6.36. The third-order valence-corrected chi connectivity index (χ3v) is 7.38. The minimum absolute atomic E-state index is 0.0406. The van der Waals surface area contributed by atoms with Gasteiger partial charge in [0, 0.05) is 18.7 Å². The molecule has 1 aliphatic heterocycles. The van der Waals surface area contributed by atoms with Crippen LogP contribution >= 0.6 is 11.3 Å². The summed E-state index contributed by atoms with van der Waals surface area (Å²) in [6.07, 6.45) is 1.09. The van der Waals surface area contributed by atoms with Gasteiger partial charge in [-0.2, -0.15) is 0 Å². The molecule has 1 saturated carbocycles. The van der Waals surface area contributed by atoms with Gasteiger partial charge in [0.1, 0.15) is 11.4 Å². The average Bonchev–Trinajstić information content (AvgIpc) is 3.28. The van der Waals surface area contributed by atoms with Crippen LogP contribution in [-0.2, 0) is 0 Å². The van der Waals surface area contributed by atoms with E-state index in [1.165, 1.54) is 12.1 Å². The number of benzene rings is 2. The van der Waals surface area contributed by atoms with Gasteiger partial charge >= 0.3 is 0 Å². The molecular formula is C25H25N3O3S. The van der Waals surface area contributed by atoms with Gasteiger partial charge < -0.3 is 15.3 Å². The number of aromatic nitrogens is 1. The molecule has 7 heteroatoms. The Labute approximate surface area is 190 Å². The number of carbonyl (C=O) groups excluding carboxylic acids is 2. The van der Waals surface area contributed by atoms with Crippen LogP contribution in [0.5, 0.6) is 5.75 Å². The number of nitrogens with zero attached hydrogens (tertiary/aromatic N) is 2. The van der Waals surface area contributed by atoms with E-state index in [0.29, 0.717) is 36.2 Å². The molecule has 2 aliphatic rings.